The summed E-state index contributed by atoms with van der Waals surface area (Å²) in [5, 5.41) is 3.02. The lowest BCUT2D eigenvalue weighted by molar-refractivity contribution is -0.0498. The van der Waals surface area contributed by atoms with E-state index in [1.165, 1.54) is 18.5 Å². The molecule has 0 amide bonds. The first-order chi connectivity index (χ1) is 9.06. The lowest BCUT2D eigenvalue weighted by Gasteiger charge is -2.09. The maximum Gasteiger partial charge on any atom is 0.387 e. The zero-order chi connectivity index (χ0) is 13.8. The summed E-state index contributed by atoms with van der Waals surface area (Å²) < 4.78 is 28.2. The van der Waals surface area contributed by atoms with Crippen LogP contribution in [-0.2, 0) is 0 Å². The molecule has 0 aliphatic rings. The van der Waals surface area contributed by atoms with Gasteiger partial charge in [0.25, 0.3) is 0 Å². The molecule has 5 nitrogen and oxygen atoms in total. The largest absolute Gasteiger partial charge is 0.435 e. The quantitative estimate of drug-likeness (QED) is 0.845. The van der Waals surface area contributed by atoms with Crippen molar-refractivity contribution in [2.24, 2.45) is 0 Å². The molecule has 100 valence electrons. The van der Waals surface area contributed by atoms with Gasteiger partial charge < -0.3 is 15.8 Å². The van der Waals surface area contributed by atoms with Gasteiger partial charge >= 0.3 is 6.61 Å². The van der Waals surface area contributed by atoms with Crippen LogP contribution in [0, 0.1) is 0 Å². The van der Waals surface area contributed by atoms with Gasteiger partial charge in [-0.1, -0.05) is 11.6 Å². The third kappa shape index (κ3) is 3.41. The van der Waals surface area contributed by atoms with Gasteiger partial charge in [-0.25, -0.2) is 9.97 Å². The minimum Gasteiger partial charge on any atom is -0.435 e. The number of nitrogen functional groups attached to an aromatic ring is 1. The number of hydrogen-bond acceptors (Lipinski definition) is 5. The minimum atomic E-state index is -2.85. The number of alkyl halides is 2. The molecule has 19 heavy (non-hydrogen) atoms. The van der Waals surface area contributed by atoms with Gasteiger partial charge in [-0.3, -0.25) is 0 Å². The number of hydrogen-bond donors (Lipinski definition) is 2. The predicted molar refractivity (Wildman–Crippen MR) is 67.8 cm³/mol. The van der Waals surface area contributed by atoms with E-state index in [0.717, 1.165) is 0 Å². The third-order valence-corrected chi connectivity index (χ3v) is 2.48. The summed E-state index contributed by atoms with van der Waals surface area (Å²) in [5.41, 5.74) is 6.49. The van der Waals surface area contributed by atoms with Gasteiger partial charge in [0.2, 0.25) is 0 Å². The molecule has 8 heteroatoms. The number of halogens is 3. The second-order valence-corrected chi connectivity index (χ2v) is 3.81. The van der Waals surface area contributed by atoms with E-state index in [2.05, 4.69) is 20.0 Å². The highest BCUT2D eigenvalue weighted by molar-refractivity contribution is 6.32. The van der Waals surface area contributed by atoms with Gasteiger partial charge in [0, 0.05) is 5.69 Å². The number of ether oxygens (including phenoxy) is 1. The first-order valence-corrected chi connectivity index (χ1v) is 5.52. The number of nitrogens with zero attached hydrogens (tertiary/aromatic N) is 2. The van der Waals surface area contributed by atoms with Crippen molar-refractivity contribution in [2.45, 2.75) is 6.61 Å². The van der Waals surface area contributed by atoms with Gasteiger partial charge in [0.05, 0.1) is 0 Å². The van der Waals surface area contributed by atoms with Crippen molar-refractivity contribution in [3.63, 3.8) is 0 Å². The molecule has 0 fully saturated rings. The normalized spacial score (nSPS) is 10.5. The summed E-state index contributed by atoms with van der Waals surface area (Å²) in [6.45, 7) is -2.85. The molecule has 1 heterocycles. The Morgan fingerprint density at radius 3 is 2.53 bits per heavy atom. The van der Waals surface area contributed by atoms with Gasteiger partial charge in [0.15, 0.2) is 11.0 Å². The van der Waals surface area contributed by atoms with Crippen LogP contribution < -0.4 is 15.8 Å². The number of nitrogens with one attached hydrogen (secondary N) is 1. The maximum atomic E-state index is 12.0. The summed E-state index contributed by atoms with van der Waals surface area (Å²) >= 11 is 5.74. The molecule has 1 aromatic carbocycles. The second kappa shape index (κ2) is 5.66. The summed E-state index contributed by atoms with van der Waals surface area (Å²) in [6.07, 6.45) is 1.26. The Hall–Kier alpha value is -2.15. The average Bonchev–Trinajstić information content (AvgIpc) is 2.37. The van der Waals surface area contributed by atoms with Crippen LogP contribution in [0.4, 0.5) is 26.0 Å². The van der Waals surface area contributed by atoms with E-state index in [1.807, 2.05) is 0 Å². The zero-order valence-electron chi connectivity index (χ0n) is 9.48. The molecule has 1 aromatic heterocycles. The zero-order valence-corrected chi connectivity index (χ0v) is 10.2. The number of benzene rings is 1. The van der Waals surface area contributed by atoms with Crippen molar-refractivity contribution < 1.29 is 13.5 Å². The first-order valence-electron chi connectivity index (χ1n) is 5.14. The van der Waals surface area contributed by atoms with Crippen molar-refractivity contribution in [2.75, 3.05) is 11.1 Å². The van der Waals surface area contributed by atoms with Crippen molar-refractivity contribution in [3.05, 3.63) is 35.7 Å². The van der Waals surface area contributed by atoms with Crippen molar-refractivity contribution >= 4 is 28.8 Å². The van der Waals surface area contributed by atoms with Gasteiger partial charge in [0.1, 0.15) is 17.8 Å². The van der Waals surface area contributed by atoms with Crippen LogP contribution in [-0.4, -0.2) is 16.6 Å². The highest BCUT2D eigenvalue weighted by atomic mass is 35.5. The number of aromatic nitrogens is 2. The Morgan fingerprint density at radius 1 is 1.21 bits per heavy atom. The van der Waals surface area contributed by atoms with E-state index < -0.39 is 6.61 Å². The lowest BCUT2D eigenvalue weighted by atomic mass is 10.3. The highest BCUT2D eigenvalue weighted by Crippen LogP contribution is 2.26. The first kappa shape index (κ1) is 13.3. The van der Waals surface area contributed by atoms with Crippen LogP contribution in [0.1, 0.15) is 0 Å². The van der Waals surface area contributed by atoms with Crippen molar-refractivity contribution in [1.82, 2.24) is 9.97 Å². The van der Waals surface area contributed by atoms with Crippen LogP contribution in [0.2, 0.25) is 5.15 Å². The molecule has 0 radical (unpaired) electrons. The van der Waals surface area contributed by atoms with Crippen molar-refractivity contribution in [3.8, 4) is 5.75 Å². The van der Waals surface area contributed by atoms with Crippen LogP contribution in [0.15, 0.2) is 30.6 Å². The molecule has 0 aliphatic carbocycles. The topological polar surface area (TPSA) is 73.1 Å². The summed E-state index contributed by atoms with van der Waals surface area (Å²) in [7, 11) is 0. The molecule has 2 rings (SSSR count). The van der Waals surface area contributed by atoms with E-state index in [4.69, 9.17) is 17.3 Å². The fourth-order valence-electron chi connectivity index (χ4n) is 1.33. The Balaban J connectivity index is 2.13. The number of anilines is 3. The Bertz CT molecular complexity index is 565. The van der Waals surface area contributed by atoms with Crippen LogP contribution in [0.3, 0.4) is 0 Å². The summed E-state index contributed by atoms with van der Waals surface area (Å²) in [4.78, 5) is 7.64. The molecular weight excluding hydrogens is 278 g/mol. The molecule has 3 N–H and O–H groups in total. The SMILES string of the molecule is Nc1c(Cl)ncnc1Nc1ccc(OC(F)F)cc1. The smallest absolute Gasteiger partial charge is 0.387 e. The van der Waals surface area contributed by atoms with Gasteiger partial charge in [-0.05, 0) is 24.3 Å². The second-order valence-electron chi connectivity index (χ2n) is 3.45. The lowest BCUT2D eigenvalue weighted by Crippen LogP contribution is -2.03. The van der Waals surface area contributed by atoms with E-state index in [9.17, 15) is 8.78 Å². The molecule has 0 spiro atoms. The predicted octanol–water partition coefficient (Wildman–Crippen LogP) is 3.06. The Morgan fingerprint density at radius 2 is 1.89 bits per heavy atom. The highest BCUT2D eigenvalue weighted by Gasteiger charge is 2.07. The fraction of sp³-hybridized carbons (Fsp3) is 0.0909. The van der Waals surface area contributed by atoms with Crippen molar-refractivity contribution in [1.29, 1.82) is 0 Å². The molecule has 0 bridgehead atoms. The molecular formula is C11H9ClF2N4O. The van der Waals surface area contributed by atoms with Crippen LogP contribution in [0.25, 0.3) is 0 Å². The summed E-state index contributed by atoms with van der Waals surface area (Å²) in [5.74, 6) is 0.400. The molecule has 0 saturated heterocycles. The molecule has 2 aromatic rings. The van der Waals surface area contributed by atoms with Crippen LogP contribution in [0.5, 0.6) is 5.75 Å². The van der Waals surface area contributed by atoms with Gasteiger partial charge in [-0.15, -0.1) is 0 Å². The van der Waals surface area contributed by atoms with E-state index in [1.54, 1.807) is 12.1 Å². The van der Waals surface area contributed by atoms with Gasteiger partial charge in [-0.2, -0.15) is 8.78 Å². The minimum absolute atomic E-state index is 0.0641. The third-order valence-electron chi connectivity index (χ3n) is 2.18. The maximum absolute atomic E-state index is 12.0. The Labute approximate surface area is 112 Å². The van der Waals surface area contributed by atoms with E-state index >= 15 is 0 Å². The van der Waals surface area contributed by atoms with E-state index in [-0.39, 0.29) is 16.6 Å². The number of nitrogens with two attached hydrogens (primary N) is 1. The average molecular weight is 287 g/mol. The van der Waals surface area contributed by atoms with E-state index in [0.29, 0.717) is 11.5 Å². The molecule has 0 atom stereocenters. The Kier molecular flexibility index (Phi) is 3.96. The standard InChI is InChI=1S/C11H9ClF2N4O/c12-9-8(15)10(17-5-16-9)18-6-1-3-7(4-2-6)19-11(13)14/h1-5,11H,15H2,(H,16,17,18). The summed E-state index contributed by atoms with van der Waals surface area (Å²) in [6, 6.07) is 5.89. The van der Waals surface area contributed by atoms with Crippen LogP contribution >= 0.6 is 11.6 Å². The molecule has 0 unspecified atom stereocenters. The molecule has 0 saturated carbocycles. The monoisotopic (exact) mass is 286 g/mol. The number of rotatable bonds is 4. The fourth-order valence-corrected chi connectivity index (χ4v) is 1.46. The molecule has 0 aliphatic heterocycles.